The predicted octanol–water partition coefficient (Wildman–Crippen LogP) is 2.40. The van der Waals surface area contributed by atoms with Crippen molar-refractivity contribution < 1.29 is 13.2 Å². The predicted molar refractivity (Wildman–Crippen MR) is 79.9 cm³/mol. The molecule has 3 saturated carbocycles. The molecule has 0 aromatic carbocycles. The molecule has 4 nitrogen and oxygen atoms in total. The molecule has 3 aliphatic carbocycles. The second-order valence-electron chi connectivity index (χ2n) is 9.00. The van der Waals surface area contributed by atoms with Crippen molar-refractivity contribution in [2.45, 2.75) is 59.4 Å². The van der Waals surface area contributed by atoms with E-state index in [1.165, 1.54) is 4.31 Å². The standard InChI is InChI=1S/C16H25NO3S/c1-14(2)8-11(14)13(18)17-12-7-10-5-6-16(12,15(10,3)4)9-21(17,19)20/h10-12H,5-9H2,1-4H3/t10-,11?,12-,16-/m1/s1. The van der Waals surface area contributed by atoms with Crippen molar-refractivity contribution in [3.05, 3.63) is 0 Å². The van der Waals surface area contributed by atoms with Crippen LogP contribution >= 0.6 is 0 Å². The highest BCUT2D eigenvalue weighted by Crippen LogP contribution is 2.70. The van der Waals surface area contributed by atoms with Gasteiger partial charge in [0.15, 0.2) is 0 Å². The molecule has 1 amide bonds. The van der Waals surface area contributed by atoms with Gasteiger partial charge >= 0.3 is 0 Å². The Kier molecular flexibility index (Phi) is 2.34. The molecule has 1 aliphatic heterocycles. The van der Waals surface area contributed by atoms with Crippen LogP contribution in [0.15, 0.2) is 0 Å². The molecule has 21 heavy (non-hydrogen) atoms. The molecule has 0 aromatic heterocycles. The van der Waals surface area contributed by atoms with E-state index in [0.717, 1.165) is 25.7 Å². The summed E-state index contributed by atoms with van der Waals surface area (Å²) in [5.74, 6) is 0.544. The minimum absolute atomic E-state index is 0.0184. The Hall–Kier alpha value is -0.580. The van der Waals surface area contributed by atoms with E-state index in [0.29, 0.717) is 5.92 Å². The zero-order valence-electron chi connectivity index (χ0n) is 13.3. The van der Waals surface area contributed by atoms with Crippen LogP contribution in [0.3, 0.4) is 0 Å². The van der Waals surface area contributed by atoms with Gasteiger partial charge in [-0.3, -0.25) is 4.79 Å². The molecule has 0 N–H and O–H groups in total. The third-order valence-corrected chi connectivity index (χ3v) is 9.35. The first-order valence-electron chi connectivity index (χ1n) is 8.09. The molecule has 1 spiro atoms. The molecule has 4 rings (SSSR count). The summed E-state index contributed by atoms with van der Waals surface area (Å²) >= 11 is 0. The average molecular weight is 311 g/mol. The Morgan fingerprint density at radius 3 is 2.33 bits per heavy atom. The van der Waals surface area contributed by atoms with Crippen LogP contribution in [-0.4, -0.2) is 30.4 Å². The van der Waals surface area contributed by atoms with Gasteiger partial charge in [0.05, 0.1) is 11.8 Å². The summed E-state index contributed by atoms with van der Waals surface area (Å²) in [6.45, 7) is 8.54. The zero-order valence-corrected chi connectivity index (χ0v) is 14.2. The molecule has 1 unspecified atom stereocenters. The minimum atomic E-state index is -3.43. The molecule has 118 valence electrons. The van der Waals surface area contributed by atoms with E-state index < -0.39 is 10.0 Å². The SMILES string of the molecule is CC1(C)CC1C(=O)N1[C@@H]2C[C@H]3CC[C@]2(CS1(=O)=O)C3(C)C. The van der Waals surface area contributed by atoms with Crippen LogP contribution in [0, 0.1) is 28.1 Å². The van der Waals surface area contributed by atoms with Crippen molar-refractivity contribution in [2.24, 2.45) is 28.1 Å². The number of carbonyl (C=O) groups excluding carboxylic acids is 1. The monoisotopic (exact) mass is 311 g/mol. The molecule has 4 fully saturated rings. The van der Waals surface area contributed by atoms with Gasteiger partial charge in [-0.2, -0.15) is 0 Å². The quantitative estimate of drug-likeness (QED) is 0.747. The van der Waals surface area contributed by atoms with Crippen LogP contribution < -0.4 is 0 Å². The molecule has 0 aromatic rings. The summed E-state index contributed by atoms with van der Waals surface area (Å²) in [4.78, 5) is 12.8. The molecule has 2 bridgehead atoms. The lowest BCUT2D eigenvalue weighted by Crippen LogP contribution is -2.45. The van der Waals surface area contributed by atoms with Crippen LogP contribution in [0.5, 0.6) is 0 Å². The summed E-state index contributed by atoms with van der Waals surface area (Å²) < 4.78 is 26.8. The highest BCUT2D eigenvalue weighted by molar-refractivity contribution is 7.90. The van der Waals surface area contributed by atoms with Gasteiger partial charge in [0.2, 0.25) is 15.9 Å². The second-order valence-corrected chi connectivity index (χ2v) is 10.8. The van der Waals surface area contributed by atoms with Crippen molar-refractivity contribution in [3.63, 3.8) is 0 Å². The van der Waals surface area contributed by atoms with E-state index in [4.69, 9.17) is 0 Å². The minimum Gasteiger partial charge on any atom is -0.273 e. The van der Waals surface area contributed by atoms with Gasteiger partial charge in [-0.25, -0.2) is 12.7 Å². The molecule has 1 saturated heterocycles. The summed E-state index contributed by atoms with van der Waals surface area (Å²) in [7, 11) is -3.43. The summed E-state index contributed by atoms with van der Waals surface area (Å²) in [6.07, 6.45) is 3.79. The number of carbonyl (C=O) groups is 1. The summed E-state index contributed by atoms with van der Waals surface area (Å²) in [6, 6.07) is -0.0693. The molecule has 0 radical (unpaired) electrons. The molecular formula is C16H25NO3S. The lowest BCUT2D eigenvalue weighted by Gasteiger charge is -2.37. The first-order chi connectivity index (χ1) is 9.53. The molecule has 1 heterocycles. The van der Waals surface area contributed by atoms with Crippen LogP contribution in [0.25, 0.3) is 0 Å². The Bertz CT molecular complexity index is 636. The van der Waals surface area contributed by atoms with E-state index >= 15 is 0 Å². The Labute approximate surface area is 127 Å². The van der Waals surface area contributed by atoms with Gasteiger partial charge in [0, 0.05) is 11.3 Å². The van der Waals surface area contributed by atoms with Crippen LogP contribution in [0.1, 0.15) is 53.4 Å². The number of fused-ring (bicyclic) bond motifs is 1. The van der Waals surface area contributed by atoms with Crippen LogP contribution in [0.2, 0.25) is 0 Å². The fraction of sp³-hybridized carbons (Fsp3) is 0.938. The maximum Gasteiger partial charge on any atom is 0.239 e. The fourth-order valence-corrected chi connectivity index (χ4v) is 8.20. The van der Waals surface area contributed by atoms with Gasteiger partial charge in [0.25, 0.3) is 0 Å². The third kappa shape index (κ3) is 1.47. The highest BCUT2D eigenvalue weighted by Gasteiger charge is 2.73. The number of amides is 1. The third-order valence-electron chi connectivity index (χ3n) is 7.44. The molecule has 4 atom stereocenters. The van der Waals surface area contributed by atoms with Crippen molar-refractivity contribution in [2.75, 3.05) is 5.75 Å². The normalized spacial score (nSPS) is 47.4. The van der Waals surface area contributed by atoms with Crippen LogP contribution in [0.4, 0.5) is 0 Å². The number of rotatable bonds is 1. The molecule has 5 heteroatoms. The second kappa shape index (κ2) is 3.50. The lowest BCUT2D eigenvalue weighted by molar-refractivity contribution is -0.131. The average Bonchev–Trinajstić information content (AvgIpc) is 2.73. The van der Waals surface area contributed by atoms with E-state index in [2.05, 4.69) is 27.7 Å². The topological polar surface area (TPSA) is 54.5 Å². The van der Waals surface area contributed by atoms with E-state index in [1.807, 2.05) is 0 Å². The number of hydrogen-bond donors (Lipinski definition) is 0. The maximum absolute atomic E-state index is 12.8. The number of nitrogens with zero attached hydrogens (tertiary/aromatic N) is 1. The van der Waals surface area contributed by atoms with Gasteiger partial charge in [-0.15, -0.1) is 0 Å². The van der Waals surface area contributed by atoms with Crippen molar-refractivity contribution in [1.29, 1.82) is 0 Å². The van der Waals surface area contributed by atoms with Crippen molar-refractivity contribution >= 4 is 15.9 Å². The Morgan fingerprint density at radius 2 is 1.81 bits per heavy atom. The lowest BCUT2D eigenvalue weighted by atomic mass is 9.69. The molecular weight excluding hydrogens is 286 g/mol. The van der Waals surface area contributed by atoms with Gasteiger partial charge in [-0.05, 0) is 42.4 Å². The first-order valence-corrected chi connectivity index (χ1v) is 9.70. The summed E-state index contributed by atoms with van der Waals surface area (Å²) in [5.41, 5.74) is -0.167. The largest absolute Gasteiger partial charge is 0.273 e. The Morgan fingerprint density at radius 1 is 1.19 bits per heavy atom. The smallest absolute Gasteiger partial charge is 0.239 e. The molecule has 4 aliphatic rings. The fourth-order valence-electron chi connectivity index (χ4n) is 5.62. The number of hydrogen-bond acceptors (Lipinski definition) is 3. The van der Waals surface area contributed by atoms with Gasteiger partial charge in [0.1, 0.15) is 0 Å². The van der Waals surface area contributed by atoms with Crippen LogP contribution in [-0.2, 0) is 14.8 Å². The van der Waals surface area contributed by atoms with Gasteiger partial charge < -0.3 is 0 Å². The first kappa shape index (κ1) is 14.0. The van der Waals surface area contributed by atoms with Crippen molar-refractivity contribution in [3.8, 4) is 0 Å². The summed E-state index contributed by atoms with van der Waals surface area (Å²) in [5, 5.41) is 0. The van der Waals surface area contributed by atoms with E-state index in [-0.39, 0.29) is 39.9 Å². The number of sulfonamides is 1. The Balaban J connectivity index is 1.75. The van der Waals surface area contributed by atoms with E-state index in [1.54, 1.807) is 0 Å². The van der Waals surface area contributed by atoms with E-state index in [9.17, 15) is 13.2 Å². The zero-order chi connectivity index (χ0) is 15.4. The highest BCUT2D eigenvalue weighted by atomic mass is 32.2. The maximum atomic E-state index is 12.8. The van der Waals surface area contributed by atoms with Crippen molar-refractivity contribution in [1.82, 2.24) is 4.31 Å². The van der Waals surface area contributed by atoms with Gasteiger partial charge in [-0.1, -0.05) is 27.7 Å².